The van der Waals surface area contributed by atoms with E-state index < -0.39 is 11.8 Å². The first kappa shape index (κ1) is 24.9. The third-order valence-corrected chi connectivity index (χ3v) is 6.43. The third kappa shape index (κ3) is 6.47. The molecule has 0 aliphatic carbocycles. The summed E-state index contributed by atoms with van der Waals surface area (Å²) in [7, 11) is 0. The molecule has 0 atom stereocenters. The van der Waals surface area contributed by atoms with Crippen LogP contribution in [0, 0.1) is 0 Å². The molecule has 35 heavy (non-hydrogen) atoms. The predicted octanol–water partition coefficient (Wildman–Crippen LogP) is 5.00. The van der Waals surface area contributed by atoms with E-state index in [2.05, 4.69) is 48.0 Å². The van der Waals surface area contributed by atoms with Crippen molar-refractivity contribution in [2.75, 3.05) is 13.2 Å². The van der Waals surface area contributed by atoms with Gasteiger partial charge < -0.3 is 9.47 Å². The Morgan fingerprint density at radius 2 is 1.49 bits per heavy atom. The van der Waals surface area contributed by atoms with Gasteiger partial charge in [0.05, 0.1) is 4.47 Å². The number of fused-ring (bicyclic) bond motifs is 2. The molecule has 2 amide bonds. The second kappa shape index (κ2) is 11.5. The summed E-state index contributed by atoms with van der Waals surface area (Å²) in [6.45, 7) is -0.492. The van der Waals surface area contributed by atoms with Crippen LogP contribution in [0.4, 0.5) is 0 Å². The summed E-state index contributed by atoms with van der Waals surface area (Å²) in [5, 5.41) is 6.28. The number of benzene rings is 4. The van der Waals surface area contributed by atoms with Gasteiger partial charge in [0.15, 0.2) is 18.3 Å². The number of nitrogens with one attached hydrogen (secondary N) is 3. The Labute approximate surface area is 223 Å². The number of ether oxygens (including phenoxy) is 2. The van der Waals surface area contributed by atoms with E-state index in [1.54, 1.807) is 12.1 Å². The SMILES string of the molecule is O=C(COc1ccc2cc(Br)ccc2c1Br)NNC(=S)NC(=O)COc1cccc2ccccc12. The molecule has 7 nitrogen and oxygen atoms in total. The summed E-state index contributed by atoms with van der Waals surface area (Å²) in [4.78, 5) is 24.3. The van der Waals surface area contributed by atoms with E-state index >= 15 is 0 Å². The lowest BCUT2D eigenvalue weighted by atomic mass is 10.1. The Kier molecular flexibility index (Phi) is 8.17. The summed E-state index contributed by atoms with van der Waals surface area (Å²) in [6, 6.07) is 22.9. The number of carbonyl (C=O) groups excluding carboxylic acids is 2. The molecule has 0 heterocycles. The zero-order valence-corrected chi connectivity index (χ0v) is 22.1. The van der Waals surface area contributed by atoms with Gasteiger partial charge in [-0.2, -0.15) is 0 Å². The first-order valence-electron chi connectivity index (χ1n) is 10.4. The van der Waals surface area contributed by atoms with E-state index in [1.165, 1.54) is 0 Å². The predicted molar refractivity (Wildman–Crippen MR) is 146 cm³/mol. The quantitative estimate of drug-likeness (QED) is 0.209. The molecule has 0 unspecified atom stereocenters. The highest BCUT2D eigenvalue weighted by Gasteiger charge is 2.11. The standard InChI is InChI=1S/C25H19Br2N3O4S/c26-17-9-10-19-16(12-17)8-11-21(24(19)27)34-14-23(32)29-30-25(35)28-22(31)13-33-20-7-3-5-15-4-1-2-6-18(15)20/h1-12H,13-14H2,(H,29,32)(H2,28,30,31,35). The monoisotopic (exact) mass is 615 g/mol. The van der Waals surface area contributed by atoms with Gasteiger partial charge >= 0.3 is 0 Å². The molecule has 3 N–H and O–H groups in total. The fourth-order valence-electron chi connectivity index (χ4n) is 3.32. The van der Waals surface area contributed by atoms with E-state index in [4.69, 9.17) is 21.7 Å². The van der Waals surface area contributed by atoms with Gasteiger partial charge in [0.1, 0.15) is 11.5 Å². The molecule has 4 rings (SSSR count). The van der Waals surface area contributed by atoms with Crippen molar-refractivity contribution in [3.63, 3.8) is 0 Å². The molecular formula is C25H19Br2N3O4S. The second-order valence-electron chi connectivity index (χ2n) is 7.35. The number of halogens is 2. The average molecular weight is 617 g/mol. The normalized spacial score (nSPS) is 10.6. The Hall–Kier alpha value is -3.21. The number of rotatable bonds is 6. The molecule has 0 radical (unpaired) electrons. The second-order valence-corrected chi connectivity index (χ2v) is 9.47. The van der Waals surface area contributed by atoms with Gasteiger partial charge in [0.2, 0.25) is 0 Å². The van der Waals surface area contributed by atoms with Crippen LogP contribution in [0.25, 0.3) is 21.5 Å². The van der Waals surface area contributed by atoms with Crippen LogP contribution in [-0.2, 0) is 9.59 Å². The molecule has 0 aliphatic rings. The third-order valence-electron chi connectivity index (χ3n) is 4.92. The largest absolute Gasteiger partial charge is 0.483 e. The van der Waals surface area contributed by atoms with Crippen molar-refractivity contribution >= 4 is 82.5 Å². The molecule has 0 saturated carbocycles. The lowest BCUT2D eigenvalue weighted by molar-refractivity contribution is -0.124. The van der Waals surface area contributed by atoms with Crippen LogP contribution in [0.1, 0.15) is 0 Å². The number of hydrazine groups is 1. The summed E-state index contributed by atoms with van der Waals surface area (Å²) < 4.78 is 13.0. The maximum atomic E-state index is 12.2. The van der Waals surface area contributed by atoms with E-state index in [0.29, 0.717) is 11.5 Å². The summed E-state index contributed by atoms with van der Waals surface area (Å²) in [6.07, 6.45) is 0. The molecular weight excluding hydrogens is 598 g/mol. The summed E-state index contributed by atoms with van der Waals surface area (Å²) >= 11 is 12.0. The van der Waals surface area contributed by atoms with Crippen LogP contribution < -0.4 is 25.6 Å². The highest BCUT2D eigenvalue weighted by molar-refractivity contribution is 9.11. The molecule has 0 saturated heterocycles. The Balaban J connectivity index is 1.21. The molecule has 0 bridgehead atoms. The van der Waals surface area contributed by atoms with Gasteiger partial charge in [-0.3, -0.25) is 25.8 Å². The summed E-state index contributed by atoms with van der Waals surface area (Å²) in [5.74, 6) is 0.176. The Bertz CT molecular complexity index is 1430. The lowest BCUT2D eigenvalue weighted by Gasteiger charge is -2.13. The minimum Gasteiger partial charge on any atom is -0.483 e. The van der Waals surface area contributed by atoms with Crippen molar-refractivity contribution in [2.45, 2.75) is 0 Å². The zero-order valence-electron chi connectivity index (χ0n) is 18.1. The number of hydrogen-bond acceptors (Lipinski definition) is 5. The fraction of sp³-hybridized carbons (Fsp3) is 0.0800. The van der Waals surface area contributed by atoms with Crippen molar-refractivity contribution in [1.29, 1.82) is 0 Å². The van der Waals surface area contributed by atoms with Gasteiger partial charge in [-0.15, -0.1) is 0 Å². The number of amides is 2. The minimum atomic E-state index is -0.476. The van der Waals surface area contributed by atoms with Crippen LogP contribution in [0.15, 0.2) is 81.7 Å². The fourth-order valence-corrected chi connectivity index (χ4v) is 4.47. The first-order chi connectivity index (χ1) is 16.9. The van der Waals surface area contributed by atoms with Gasteiger partial charge in [-0.1, -0.05) is 64.5 Å². The van der Waals surface area contributed by atoms with Crippen molar-refractivity contribution in [2.24, 2.45) is 0 Å². The van der Waals surface area contributed by atoms with E-state index in [0.717, 1.165) is 30.5 Å². The smallest absolute Gasteiger partial charge is 0.276 e. The lowest BCUT2D eigenvalue weighted by Crippen LogP contribution is -2.50. The number of hydrogen-bond donors (Lipinski definition) is 3. The highest BCUT2D eigenvalue weighted by atomic mass is 79.9. The molecule has 4 aromatic rings. The van der Waals surface area contributed by atoms with E-state index in [1.807, 2.05) is 60.7 Å². The van der Waals surface area contributed by atoms with Crippen LogP contribution in [0.3, 0.4) is 0 Å². The van der Waals surface area contributed by atoms with Gasteiger partial charge in [-0.05, 0) is 68.6 Å². The molecule has 0 fully saturated rings. The van der Waals surface area contributed by atoms with Crippen molar-refractivity contribution in [3.8, 4) is 11.5 Å². The average Bonchev–Trinajstić information content (AvgIpc) is 2.85. The topological polar surface area (TPSA) is 88.7 Å². The maximum Gasteiger partial charge on any atom is 0.276 e. The minimum absolute atomic E-state index is 0.0673. The van der Waals surface area contributed by atoms with Gasteiger partial charge in [0.25, 0.3) is 11.8 Å². The van der Waals surface area contributed by atoms with Crippen molar-refractivity contribution in [1.82, 2.24) is 16.2 Å². The molecule has 178 valence electrons. The van der Waals surface area contributed by atoms with Crippen molar-refractivity contribution in [3.05, 3.63) is 81.7 Å². The Morgan fingerprint density at radius 1 is 0.743 bits per heavy atom. The zero-order chi connectivity index (χ0) is 24.8. The molecule has 10 heteroatoms. The van der Waals surface area contributed by atoms with E-state index in [9.17, 15) is 9.59 Å². The van der Waals surface area contributed by atoms with Crippen LogP contribution in [0.2, 0.25) is 0 Å². The van der Waals surface area contributed by atoms with Crippen LogP contribution in [-0.4, -0.2) is 30.1 Å². The Morgan fingerprint density at radius 3 is 2.34 bits per heavy atom. The van der Waals surface area contributed by atoms with E-state index in [-0.39, 0.29) is 18.3 Å². The molecule has 0 aliphatic heterocycles. The van der Waals surface area contributed by atoms with Gasteiger partial charge in [-0.25, -0.2) is 0 Å². The molecule has 4 aromatic carbocycles. The number of carbonyl (C=O) groups is 2. The molecule has 0 aromatic heterocycles. The first-order valence-corrected chi connectivity index (χ1v) is 12.4. The van der Waals surface area contributed by atoms with Crippen LogP contribution in [0.5, 0.6) is 11.5 Å². The maximum absolute atomic E-state index is 12.2. The van der Waals surface area contributed by atoms with Crippen LogP contribution >= 0.6 is 44.1 Å². The van der Waals surface area contributed by atoms with Crippen molar-refractivity contribution < 1.29 is 19.1 Å². The number of thiocarbonyl (C=S) groups is 1. The molecule has 0 spiro atoms. The summed E-state index contributed by atoms with van der Waals surface area (Å²) in [5.41, 5.74) is 4.86. The highest BCUT2D eigenvalue weighted by Crippen LogP contribution is 2.34. The van der Waals surface area contributed by atoms with Gasteiger partial charge in [0, 0.05) is 9.86 Å².